The second-order valence-electron chi connectivity index (χ2n) is 6.57. The minimum Gasteiger partial charge on any atom is -0.393 e. The van der Waals surface area contributed by atoms with E-state index in [-0.39, 0.29) is 17.6 Å². The molecule has 1 aliphatic carbocycles. The molecule has 3 aliphatic rings. The quantitative estimate of drug-likeness (QED) is 0.574. The van der Waals surface area contributed by atoms with E-state index in [0.717, 1.165) is 5.56 Å². The van der Waals surface area contributed by atoms with Gasteiger partial charge in [0.05, 0.1) is 23.5 Å². The van der Waals surface area contributed by atoms with Crippen molar-refractivity contribution >= 4 is 29.5 Å². The van der Waals surface area contributed by atoms with Gasteiger partial charge in [0.1, 0.15) is 0 Å². The molecule has 122 valence electrons. The van der Waals surface area contributed by atoms with Crippen molar-refractivity contribution in [3.63, 3.8) is 0 Å². The molecule has 2 heterocycles. The summed E-state index contributed by atoms with van der Waals surface area (Å²) in [4.78, 5) is 48.2. The van der Waals surface area contributed by atoms with Crippen molar-refractivity contribution in [2.75, 3.05) is 0 Å². The molecule has 1 fully saturated rings. The third-order valence-corrected chi connectivity index (χ3v) is 5.58. The summed E-state index contributed by atoms with van der Waals surface area (Å²) in [6.07, 6.45) is -0.0420. The van der Waals surface area contributed by atoms with Crippen LogP contribution in [0.2, 0.25) is 0 Å². The summed E-state index contributed by atoms with van der Waals surface area (Å²) in [5.74, 6) is -3.68. The molecule has 1 saturated heterocycles. The highest BCUT2D eigenvalue weighted by Gasteiger charge is 2.57. The fourth-order valence-corrected chi connectivity index (χ4v) is 4.18. The largest absolute Gasteiger partial charge is 0.393 e. The fraction of sp³-hybridized carbons (Fsp3) is 0.333. The van der Waals surface area contributed by atoms with Gasteiger partial charge in [-0.05, 0) is 17.0 Å². The summed E-state index contributed by atoms with van der Waals surface area (Å²) in [6, 6.07) is 7.12. The van der Waals surface area contributed by atoms with Crippen LogP contribution < -0.4 is 0 Å². The van der Waals surface area contributed by atoms with E-state index in [1.807, 2.05) is 13.0 Å². The van der Waals surface area contributed by atoms with E-state index in [0.29, 0.717) is 5.56 Å². The molecule has 6 heteroatoms. The summed E-state index contributed by atoms with van der Waals surface area (Å²) in [7, 11) is 0. The number of carbonyl (C=O) groups excluding carboxylic acids is 4. The molecular weight excluding hydrogens is 312 g/mol. The van der Waals surface area contributed by atoms with Crippen LogP contribution in [0.4, 0.5) is 0 Å². The highest BCUT2D eigenvalue weighted by atomic mass is 16.6. The van der Waals surface area contributed by atoms with Crippen molar-refractivity contribution in [2.45, 2.75) is 25.7 Å². The molecule has 24 heavy (non-hydrogen) atoms. The lowest BCUT2D eigenvalue weighted by molar-refractivity contribution is -0.155. The number of rotatable bonds is 1. The Labute approximate surface area is 137 Å². The van der Waals surface area contributed by atoms with Crippen molar-refractivity contribution < 1.29 is 28.7 Å². The molecule has 0 amide bonds. The van der Waals surface area contributed by atoms with Crippen LogP contribution >= 0.6 is 0 Å². The number of hydrogen-bond acceptors (Lipinski definition) is 6. The standard InChI is InChI=1S/C18H14O6/c1-8-13-14(17(22)24-16(13)21)9-5-3-4-6-10(9)18(8,2)11-7-12(19)23-15(11)20/h3-6,8,11H,7H2,1-2H3. The molecule has 2 aliphatic heterocycles. The molecule has 1 aromatic carbocycles. The van der Waals surface area contributed by atoms with Crippen molar-refractivity contribution in [2.24, 2.45) is 11.8 Å². The normalized spacial score (nSPS) is 31.8. The molecule has 0 saturated carbocycles. The first-order valence-corrected chi connectivity index (χ1v) is 7.70. The second-order valence-corrected chi connectivity index (χ2v) is 6.57. The Bertz CT molecular complexity index is 864. The molecule has 0 bridgehead atoms. The number of ether oxygens (including phenoxy) is 2. The van der Waals surface area contributed by atoms with Gasteiger partial charge in [0.2, 0.25) is 0 Å². The summed E-state index contributed by atoms with van der Waals surface area (Å²) < 4.78 is 9.54. The topological polar surface area (TPSA) is 86.7 Å². The van der Waals surface area contributed by atoms with Gasteiger partial charge in [0, 0.05) is 5.41 Å². The molecule has 0 spiro atoms. The number of cyclic esters (lactones) is 4. The maximum absolute atomic E-state index is 12.2. The molecule has 4 rings (SSSR count). The molecule has 3 unspecified atom stereocenters. The van der Waals surface area contributed by atoms with Gasteiger partial charge in [-0.2, -0.15) is 0 Å². The first-order chi connectivity index (χ1) is 11.4. The molecule has 0 N–H and O–H groups in total. The zero-order valence-electron chi connectivity index (χ0n) is 13.1. The van der Waals surface area contributed by atoms with Crippen LogP contribution in [0.1, 0.15) is 31.4 Å². The third kappa shape index (κ3) is 1.65. The van der Waals surface area contributed by atoms with Gasteiger partial charge < -0.3 is 9.47 Å². The van der Waals surface area contributed by atoms with Crippen LogP contribution in [-0.4, -0.2) is 23.9 Å². The fourth-order valence-electron chi connectivity index (χ4n) is 4.18. The third-order valence-electron chi connectivity index (χ3n) is 5.58. The molecule has 0 aromatic heterocycles. The lowest BCUT2D eigenvalue weighted by Crippen LogP contribution is -2.45. The predicted octanol–water partition coefficient (Wildman–Crippen LogP) is 1.52. The monoisotopic (exact) mass is 326 g/mol. The summed E-state index contributed by atoms with van der Waals surface area (Å²) in [5, 5.41) is 0. The van der Waals surface area contributed by atoms with E-state index in [2.05, 4.69) is 0 Å². The smallest absolute Gasteiger partial charge is 0.347 e. The van der Waals surface area contributed by atoms with Crippen LogP contribution in [0.3, 0.4) is 0 Å². The van der Waals surface area contributed by atoms with Crippen molar-refractivity contribution in [3.05, 3.63) is 41.0 Å². The van der Waals surface area contributed by atoms with Crippen molar-refractivity contribution in [3.8, 4) is 0 Å². The molecule has 1 aromatic rings. The van der Waals surface area contributed by atoms with Crippen LogP contribution in [0.25, 0.3) is 5.57 Å². The molecular formula is C18H14O6. The average Bonchev–Trinajstić information content (AvgIpc) is 3.03. The number of benzene rings is 1. The SMILES string of the molecule is CC1C2=C(C(=O)OC2=O)c2ccccc2C1(C)C1CC(=O)OC1=O. The van der Waals surface area contributed by atoms with Gasteiger partial charge in [-0.3, -0.25) is 9.59 Å². The first-order valence-electron chi connectivity index (χ1n) is 7.70. The lowest BCUT2D eigenvalue weighted by Gasteiger charge is -2.43. The zero-order valence-corrected chi connectivity index (χ0v) is 13.1. The summed E-state index contributed by atoms with van der Waals surface area (Å²) in [5.41, 5.74) is 1.02. The van der Waals surface area contributed by atoms with E-state index in [9.17, 15) is 19.2 Å². The average molecular weight is 326 g/mol. The Hall–Kier alpha value is -2.76. The molecule has 3 atom stereocenters. The number of carbonyl (C=O) groups is 4. The second kappa shape index (κ2) is 4.63. The van der Waals surface area contributed by atoms with Gasteiger partial charge in [-0.25, -0.2) is 9.59 Å². The van der Waals surface area contributed by atoms with E-state index in [4.69, 9.17) is 9.47 Å². The van der Waals surface area contributed by atoms with Gasteiger partial charge in [0.25, 0.3) is 0 Å². The number of fused-ring (bicyclic) bond motifs is 2. The maximum Gasteiger partial charge on any atom is 0.347 e. The first kappa shape index (κ1) is 14.8. The van der Waals surface area contributed by atoms with E-state index in [1.54, 1.807) is 25.1 Å². The number of hydrogen-bond donors (Lipinski definition) is 0. The van der Waals surface area contributed by atoms with Crippen LogP contribution in [0, 0.1) is 11.8 Å². The minimum absolute atomic E-state index is 0.0420. The Morgan fingerprint density at radius 1 is 1.04 bits per heavy atom. The van der Waals surface area contributed by atoms with E-state index >= 15 is 0 Å². The van der Waals surface area contributed by atoms with E-state index < -0.39 is 41.1 Å². The van der Waals surface area contributed by atoms with E-state index in [1.165, 1.54) is 0 Å². The summed E-state index contributed by atoms with van der Waals surface area (Å²) in [6.45, 7) is 3.61. The van der Waals surface area contributed by atoms with Crippen molar-refractivity contribution in [1.29, 1.82) is 0 Å². The Balaban J connectivity index is 1.99. The Morgan fingerprint density at radius 2 is 1.75 bits per heavy atom. The lowest BCUT2D eigenvalue weighted by atomic mass is 9.57. The summed E-state index contributed by atoms with van der Waals surface area (Å²) >= 11 is 0. The predicted molar refractivity (Wildman–Crippen MR) is 80.2 cm³/mol. The van der Waals surface area contributed by atoms with Crippen molar-refractivity contribution in [1.82, 2.24) is 0 Å². The highest BCUT2D eigenvalue weighted by Crippen LogP contribution is 2.54. The zero-order chi connectivity index (χ0) is 17.2. The Kier molecular flexibility index (Phi) is 2.85. The molecule has 0 radical (unpaired) electrons. The number of esters is 4. The minimum atomic E-state index is -0.845. The van der Waals surface area contributed by atoms with Gasteiger partial charge in [-0.15, -0.1) is 0 Å². The Morgan fingerprint density at radius 3 is 2.42 bits per heavy atom. The van der Waals surface area contributed by atoms with Crippen LogP contribution in [0.15, 0.2) is 29.8 Å². The highest BCUT2D eigenvalue weighted by molar-refractivity contribution is 6.32. The van der Waals surface area contributed by atoms with Crippen LogP contribution in [0.5, 0.6) is 0 Å². The van der Waals surface area contributed by atoms with Gasteiger partial charge in [0.15, 0.2) is 0 Å². The maximum atomic E-state index is 12.2. The van der Waals surface area contributed by atoms with Crippen LogP contribution in [-0.2, 0) is 34.1 Å². The molecule has 6 nitrogen and oxygen atoms in total. The van der Waals surface area contributed by atoms with Gasteiger partial charge in [-0.1, -0.05) is 38.1 Å². The van der Waals surface area contributed by atoms with Gasteiger partial charge >= 0.3 is 23.9 Å².